The molecule has 0 spiro atoms. The minimum absolute atomic E-state index is 0.131. The monoisotopic (exact) mass is 437 g/mol. The first-order valence-electron chi connectivity index (χ1n) is 8.56. The molecule has 2 rings (SSSR count). The maximum Gasteiger partial charge on any atom is 0.263 e. The van der Waals surface area contributed by atoms with Crippen molar-refractivity contribution in [2.75, 3.05) is 11.9 Å². The van der Waals surface area contributed by atoms with E-state index in [9.17, 15) is 9.59 Å². The molecule has 1 aromatic carbocycles. The van der Waals surface area contributed by atoms with Crippen LogP contribution in [0.3, 0.4) is 0 Å². The molecular formula is C19H24BrN3O2S. The quantitative estimate of drug-likeness (QED) is 0.670. The van der Waals surface area contributed by atoms with E-state index >= 15 is 0 Å². The molecular weight excluding hydrogens is 414 g/mol. The lowest BCUT2D eigenvalue weighted by atomic mass is 10.1. The Morgan fingerprint density at radius 2 is 2.00 bits per heavy atom. The van der Waals surface area contributed by atoms with Crippen LogP contribution < -0.4 is 10.6 Å². The third-order valence-electron chi connectivity index (χ3n) is 3.74. The Morgan fingerprint density at radius 3 is 2.69 bits per heavy atom. The average Bonchev–Trinajstić information content (AvgIpc) is 2.90. The molecule has 0 aliphatic heterocycles. The van der Waals surface area contributed by atoms with E-state index in [0.29, 0.717) is 10.8 Å². The third-order valence-corrected chi connectivity index (χ3v) is 5.41. The van der Waals surface area contributed by atoms with Crippen LogP contribution in [0.25, 0.3) is 0 Å². The Labute approximate surface area is 166 Å². The zero-order valence-electron chi connectivity index (χ0n) is 15.5. The smallest absolute Gasteiger partial charge is 0.263 e. The summed E-state index contributed by atoms with van der Waals surface area (Å²) in [5.41, 5.74) is 2.51. The number of thiazole rings is 1. The molecule has 0 atom stereocenters. The third kappa shape index (κ3) is 5.92. The summed E-state index contributed by atoms with van der Waals surface area (Å²) in [4.78, 5) is 29.5. The molecule has 0 bridgehead atoms. The number of aryl methyl sites for hydroxylation is 2. The van der Waals surface area contributed by atoms with Crippen LogP contribution in [0, 0.1) is 19.8 Å². The maximum atomic E-state index is 12.3. The van der Waals surface area contributed by atoms with Gasteiger partial charge in [-0.3, -0.25) is 9.59 Å². The number of amides is 2. The topological polar surface area (TPSA) is 71.1 Å². The summed E-state index contributed by atoms with van der Waals surface area (Å²) in [7, 11) is 0. The largest absolute Gasteiger partial charge is 0.351 e. The lowest BCUT2D eigenvalue weighted by molar-refractivity contribution is -0.116. The molecule has 2 aromatic rings. The van der Waals surface area contributed by atoms with Crippen LogP contribution in [0.2, 0.25) is 0 Å². The van der Waals surface area contributed by atoms with Crippen molar-refractivity contribution < 1.29 is 9.59 Å². The van der Waals surface area contributed by atoms with Gasteiger partial charge in [0.25, 0.3) is 5.91 Å². The molecule has 1 aromatic heterocycles. The van der Waals surface area contributed by atoms with Crippen molar-refractivity contribution in [3.05, 3.63) is 43.8 Å². The van der Waals surface area contributed by atoms with Gasteiger partial charge in [0.2, 0.25) is 5.91 Å². The molecule has 0 radical (unpaired) electrons. The second-order valence-corrected chi connectivity index (χ2v) is 8.63. The van der Waals surface area contributed by atoms with Gasteiger partial charge in [-0.05, 0) is 37.5 Å². The van der Waals surface area contributed by atoms with Crippen molar-refractivity contribution in [3.8, 4) is 0 Å². The summed E-state index contributed by atoms with van der Waals surface area (Å²) in [6.07, 6.45) is 1.08. The van der Waals surface area contributed by atoms with Gasteiger partial charge in [-0.1, -0.05) is 35.8 Å². The predicted octanol–water partition coefficient (Wildman–Crippen LogP) is 4.48. The molecule has 0 fully saturated rings. The molecule has 140 valence electrons. The highest BCUT2D eigenvalue weighted by Crippen LogP contribution is 2.21. The number of hydrogen-bond donors (Lipinski definition) is 2. The van der Waals surface area contributed by atoms with Crippen LogP contribution in [0.15, 0.2) is 22.7 Å². The van der Waals surface area contributed by atoms with Gasteiger partial charge in [-0.2, -0.15) is 0 Å². The molecule has 2 N–H and O–H groups in total. The molecule has 0 saturated carbocycles. The molecule has 0 aliphatic carbocycles. The number of anilines is 1. The summed E-state index contributed by atoms with van der Waals surface area (Å²) >= 11 is 4.83. The molecule has 0 unspecified atom stereocenters. The zero-order valence-corrected chi connectivity index (χ0v) is 17.9. The van der Waals surface area contributed by atoms with E-state index in [0.717, 1.165) is 32.8 Å². The van der Waals surface area contributed by atoms with Crippen molar-refractivity contribution in [3.63, 3.8) is 0 Å². The lowest BCUT2D eigenvalue weighted by Crippen LogP contribution is -2.27. The highest BCUT2D eigenvalue weighted by molar-refractivity contribution is 9.10. The summed E-state index contributed by atoms with van der Waals surface area (Å²) in [6.45, 7) is 8.32. The first-order valence-corrected chi connectivity index (χ1v) is 10.2. The maximum absolute atomic E-state index is 12.3. The first-order chi connectivity index (χ1) is 12.3. The molecule has 5 nitrogen and oxygen atoms in total. The van der Waals surface area contributed by atoms with E-state index in [1.165, 1.54) is 11.3 Å². The number of carbonyl (C=O) groups is 2. The van der Waals surface area contributed by atoms with Gasteiger partial charge in [-0.25, -0.2) is 4.98 Å². The van der Waals surface area contributed by atoms with Gasteiger partial charge in [0.1, 0.15) is 4.88 Å². The van der Waals surface area contributed by atoms with Crippen LogP contribution in [0.1, 0.15) is 46.2 Å². The summed E-state index contributed by atoms with van der Waals surface area (Å²) < 4.78 is 0.907. The Hall–Kier alpha value is -1.73. The van der Waals surface area contributed by atoms with Gasteiger partial charge in [0.15, 0.2) is 0 Å². The van der Waals surface area contributed by atoms with E-state index in [1.807, 2.05) is 32.0 Å². The van der Waals surface area contributed by atoms with E-state index in [2.05, 4.69) is 45.4 Å². The van der Waals surface area contributed by atoms with E-state index in [4.69, 9.17) is 0 Å². The number of nitrogens with one attached hydrogen (secondary N) is 2. The predicted molar refractivity (Wildman–Crippen MR) is 110 cm³/mol. The molecule has 2 amide bonds. The highest BCUT2D eigenvalue weighted by Gasteiger charge is 2.16. The number of aromatic nitrogens is 1. The van der Waals surface area contributed by atoms with Gasteiger partial charge in [0, 0.05) is 29.5 Å². The van der Waals surface area contributed by atoms with Gasteiger partial charge < -0.3 is 10.6 Å². The Kier molecular flexibility index (Phi) is 7.34. The molecule has 0 aliphatic rings. The SMILES string of the molecule is Cc1ccc(Br)cc1NC(=O)CCNC(=O)c1sc(CC(C)C)nc1C. The van der Waals surface area contributed by atoms with Gasteiger partial charge in [0.05, 0.1) is 10.7 Å². The Bertz CT molecular complexity index is 802. The summed E-state index contributed by atoms with van der Waals surface area (Å²) in [5.74, 6) is 0.205. The van der Waals surface area contributed by atoms with Crippen molar-refractivity contribution in [2.24, 2.45) is 5.92 Å². The van der Waals surface area contributed by atoms with E-state index < -0.39 is 0 Å². The fraction of sp³-hybridized carbons (Fsp3) is 0.421. The summed E-state index contributed by atoms with van der Waals surface area (Å²) in [5, 5.41) is 6.66. The van der Waals surface area contributed by atoms with Gasteiger partial charge in [-0.15, -0.1) is 11.3 Å². The number of benzene rings is 1. The normalized spacial score (nSPS) is 10.8. The Balaban J connectivity index is 1.85. The number of nitrogens with zero attached hydrogens (tertiary/aromatic N) is 1. The van der Waals surface area contributed by atoms with Crippen molar-refractivity contribution in [2.45, 2.75) is 40.5 Å². The average molecular weight is 438 g/mol. The molecule has 26 heavy (non-hydrogen) atoms. The molecule has 1 heterocycles. The fourth-order valence-corrected chi connectivity index (χ4v) is 3.97. The van der Waals surface area contributed by atoms with Crippen LogP contribution in [0.5, 0.6) is 0 Å². The molecule has 7 heteroatoms. The van der Waals surface area contributed by atoms with Crippen molar-refractivity contribution >= 4 is 44.8 Å². The number of hydrogen-bond acceptors (Lipinski definition) is 4. The number of rotatable bonds is 7. The minimum atomic E-state index is -0.165. The van der Waals surface area contributed by atoms with Crippen molar-refractivity contribution in [1.82, 2.24) is 10.3 Å². The van der Waals surface area contributed by atoms with Crippen LogP contribution in [0.4, 0.5) is 5.69 Å². The van der Waals surface area contributed by atoms with Crippen molar-refractivity contribution in [1.29, 1.82) is 0 Å². The van der Waals surface area contributed by atoms with E-state index in [-0.39, 0.29) is 24.8 Å². The number of halogens is 1. The van der Waals surface area contributed by atoms with Gasteiger partial charge >= 0.3 is 0 Å². The molecule has 0 saturated heterocycles. The number of carbonyl (C=O) groups excluding carboxylic acids is 2. The van der Waals surface area contributed by atoms with Crippen LogP contribution in [-0.4, -0.2) is 23.3 Å². The second kappa shape index (κ2) is 9.28. The van der Waals surface area contributed by atoms with Crippen LogP contribution >= 0.6 is 27.3 Å². The highest BCUT2D eigenvalue weighted by atomic mass is 79.9. The summed E-state index contributed by atoms with van der Waals surface area (Å²) in [6, 6.07) is 5.72. The minimum Gasteiger partial charge on any atom is -0.351 e. The second-order valence-electron chi connectivity index (χ2n) is 6.63. The van der Waals surface area contributed by atoms with Crippen LogP contribution in [-0.2, 0) is 11.2 Å². The Morgan fingerprint density at radius 1 is 1.27 bits per heavy atom. The first kappa shape index (κ1) is 20.6. The van der Waals surface area contributed by atoms with E-state index in [1.54, 1.807) is 0 Å². The fourth-order valence-electron chi connectivity index (χ4n) is 2.41. The lowest BCUT2D eigenvalue weighted by Gasteiger charge is -2.09. The standard InChI is InChI=1S/C19H24BrN3O2S/c1-11(2)9-17-22-13(4)18(26-17)19(25)21-8-7-16(24)23-15-10-14(20)6-5-12(15)3/h5-6,10-11H,7-9H2,1-4H3,(H,21,25)(H,23,24). The zero-order chi connectivity index (χ0) is 19.3.